The van der Waals surface area contributed by atoms with Crippen molar-refractivity contribution in [3.63, 3.8) is 0 Å². The maximum atomic E-state index is 11.0. The fourth-order valence-corrected chi connectivity index (χ4v) is 3.71. The summed E-state index contributed by atoms with van der Waals surface area (Å²) in [6.45, 7) is 0. The van der Waals surface area contributed by atoms with Gasteiger partial charge in [-0.25, -0.2) is 4.79 Å². The lowest BCUT2D eigenvalue weighted by molar-refractivity contribution is 0.0698. The van der Waals surface area contributed by atoms with Crippen molar-refractivity contribution < 1.29 is 9.90 Å². The van der Waals surface area contributed by atoms with Crippen LogP contribution in [-0.4, -0.2) is 27.5 Å². The number of nitrogens with two attached hydrogens (primary N) is 1. The second-order valence-electron chi connectivity index (χ2n) is 3.16. The molecule has 0 unspecified atom stereocenters. The normalized spacial score (nSPS) is 10.5. The Morgan fingerprint density at radius 2 is 2.11 bits per heavy atom. The van der Waals surface area contributed by atoms with Crippen LogP contribution in [0.1, 0.15) is 10.4 Å². The van der Waals surface area contributed by atoms with Gasteiger partial charge in [-0.3, -0.25) is 0 Å². The fraction of sp³-hybridized carbons (Fsp3) is 0.100. The van der Waals surface area contributed by atoms with Crippen LogP contribution in [0.5, 0.6) is 0 Å². The zero-order valence-electron chi connectivity index (χ0n) is 9.28. The van der Waals surface area contributed by atoms with E-state index in [1.165, 1.54) is 40.9 Å². The van der Waals surface area contributed by atoms with Gasteiger partial charge < -0.3 is 10.8 Å². The number of para-hydroxylation sites is 1. The van der Waals surface area contributed by atoms with Gasteiger partial charge in [0.15, 0.2) is 8.68 Å². The third-order valence-corrected chi connectivity index (χ3v) is 5.08. The molecule has 1 aromatic heterocycles. The second kappa shape index (κ2) is 5.59. The van der Waals surface area contributed by atoms with E-state index in [0.29, 0.717) is 4.90 Å². The van der Waals surface area contributed by atoms with Crippen LogP contribution < -0.4 is 5.73 Å². The first-order chi connectivity index (χ1) is 8.61. The zero-order valence-corrected chi connectivity index (χ0v) is 11.7. The smallest absolute Gasteiger partial charge is 0.337 e. The first-order valence-corrected chi connectivity index (χ1v) is 7.64. The highest BCUT2D eigenvalue weighted by Crippen LogP contribution is 2.36. The lowest BCUT2D eigenvalue weighted by Crippen LogP contribution is -2.03. The van der Waals surface area contributed by atoms with E-state index < -0.39 is 5.97 Å². The molecule has 5 nitrogen and oxygen atoms in total. The Morgan fingerprint density at radius 1 is 1.39 bits per heavy atom. The van der Waals surface area contributed by atoms with E-state index in [0.717, 1.165) is 8.68 Å². The van der Waals surface area contributed by atoms with Crippen LogP contribution in [0.15, 0.2) is 31.8 Å². The second-order valence-corrected chi connectivity index (χ2v) is 6.48. The zero-order chi connectivity index (χ0) is 13.1. The van der Waals surface area contributed by atoms with Crippen LogP contribution in [0.2, 0.25) is 0 Å². The Balaban J connectivity index is 2.29. The molecule has 18 heavy (non-hydrogen) atoms. The summed E-state index contributed by atoms with van der Waals surface area (Å²) in [5.41, 5.74) is 6.19. The number of rotatable bonds is 4. The maximum absolute atomic E-state index is 11.0. The third kappa shape index (κ3) is 2.77. The molecule has 0 atom stereocenters. The van der Waals surface area contributed by atoms with Crippen molar-refractivity contribution in [3.05, 3.63) is 23.8 Å². The van der Waals surface area contributed by atoms with Crippen LogP contribution in [0, 0.1) is 0 Å². The Bertz CT molecular complexity index is 585. The standard InChI is InChI=1S/C10H9N3O2S3/c1-16-9-12-13-10(18-9)17-6-4-2-3-5(7(6)11)8(14)15/h2-4H,11H2,1H3,(H,14,15). The summed E-state index contributed by atoms with van der Waals surface area (Å²) < 4.78 is 1.61. The van der Waals surface area contributed by atoms with Gasteiger partial charge >= 0.3 is 5.97 Å². The first-order valence-electron chi connectivity index (χ1n) is 4.79. The van der Waals surface area contributed by atoms with Gasteiger partial charge in [0, 0.05) is 4.90 Å². The predicted molar refractivity (Wildman–Crippen MR) is 73.6 cm³/mol. The van der Waals surface area contributed by atoms with Gasteiger partial charge in [0.05, 0.1) is 11.3 Å². The monoisotopic (exact) mass is 299 g/mol. The van der Waals surface area contributed by atoms with Gasteiger partial charge in [-0.1, -0.05) is 40.9 Å². The number of nitrogen functional groups attached to an aromatic ring is 1. The molecule has 3 N–H and O–H groups in total. The van der Waals surface area contributed by atoms with Gasteiger partial charge in [-0.15, -0.1) is 10.2 Å². The van der Waals surface area contributed by atoms with Gasteiger partial charge in [0.25, 0.3) is 0 Å². The highest BCUT2D eigenvalue weighted by atomic mass is 32.2. The Morgan fingerprint density at radius 3 is 2.72 bits per heavy atom. The highest BCUT2D eigenvalue weighted by molar-refractivity contribution is 8.03. The number of hydrogen-bond donors (Lipinski definition) is 2. The SMILES string of the molecule is CSc1nnc(Sc2cccc(C(=O)O)c2N)s1. The average Bonchev–Trinajstić information content (AvgIpc) is 2.79. The number of carboxylic acids is 1. The van der Waals surface area contributed by atoms with Crippen molar-refractivity contribution >= 4 is 46.5 Å². The summed E-state index contributed by atoms with van der Waals surface area (Å²) in [6, 6.07) is 4.92. The minimum Gasteiger partial charge on any atom is -0.478 e. The molecule has 0 amide bonds. The van der Waals surface area contributed by atoms with Crippen molar-refractivity contribution in [2.45, 2.75) is 13.6 Å². The molecule has 0 saturated heterocycles. The number of aromatic carboxylic acids is 1. The molecule has 0 aliphatic rings. The number of aromatic nitrogens is 2. The fourth-order valence-electron chi connectivity index (χ4n) is 1.23. The molecule has 2 aromatic rings. The van der Waals surface area contributed by atoms with Gasteiger partial charge in [-0.2, -0.15) is 0 Å². The number of hydrogen-bond acceptors (Lipinski definition) is 7. The highest BCUT2D eigenvalue weighted by Gasteiger charge is 2.13. The van der Waals surface area contributed by atoms with E-state index in [1.807, 2.05) is 6.26 Å². The van der Waals surface area contributed by atoms with E-state index in [1.54, 1.807) is 12.1 Å². The quantitative estimate of drug-likeness (QED) is 0.662. The summed E-state index contributed by atoms with van der Waals surface area (Å²) in [5.74, 6) is -1.03. The van der Waals surface area contributed by atoms with Crippen molar-refractivity contribution in [1.82, 2.24) is 10.2 Å². The summed E-state index contributed by atoms with van der Waals surface area (Å²) in [4.78, 5) is 11.6. The largest absolute Gasteiger partial charge is 0.478 e. The number of anilines is 1. The predicted octanol–water partition coefficient (Wildman–Crippen LogP) is 2.69. The minimum absolute atomic E-state index is 0.106. The lowest BCUT2D eigenvalue weighted by Gasteiger charge is -2.05. The molecule has 0 saturated carbocycles. The van der Waals surface area contributed by atoms with Crippen molar-refractivity contribution in [1.29, 1.82) is 0 Å². The van der Waals surface area contributed by atoms with Crippen molar-refractivity contribution in [2.24, 2.45) is 0 Å². The average molecular weight is 299 g/mol. The molecular formula is C10H9N3O2S3. The molecule has 2 rings (SSSR count). The maximum Gasteiger partial charge on any atom is 0.337 e. The Kier molecular flexibility index (Phi) is 4.10. The van der Waals surface area contributed by atoms with Gasteiger partial charge in [-0.05, 0) is 18.4 Å². The Labute approximate surface area is 116 Å². The summed E-state index contributed by atoms with van der Waals surface area (Å²) in [5, 5.41) is 17.0. The molecule has 0 aliphatic carbocycles. The molecule has 94 valence electrons. The van der Waals surface area contributed by atoms with E-state index in [4.69, 9.17) is 10.8 Å². The van der Waals surface area contributed by atoms with E-state index in [-0.39, 0.29) is 11.3 Å². The number of benzene rings is 1. The number of carbonyl (C=O) groups is 1. The molecule has 0 bridgehead atoms. The topological polar surface area (TPSA) is 89.1 Å². The van der Waals surface area contributed by atoms with E-state index in [2.05, 4.69) is 10.2 Å². The molecule has 1 heterocycles. The van der Waals surface area contributed by atoms with E-state index >= 15 is 0 Å². The van der Waals surface area contributed by atoms with Crippen LogP contribution in [0.25, 0.3) is 0 Å². The molecule has 0 fully saturated rings. The molecule has 1 aromatic carbocycles. The van der Waals surface area contributed by atoms with E-state index in [9.17, 15) is 4.79 Å². The van der Waals surface area contributed by atoms with Crippen LogP contribution in [-0.2, 0) is 0 Å². The molecule has 0 radical (unpaired) electrons. The van der Waals surface area contributed by atoms with Gasteiger partial charge in [0.1, 0.15) is 0 Å². The molecule has 0 aliphatic heterocycles. The first kappa shape index (κ1) is 13.2. The van der Waals surface area contributed by atoms with Crippen LogP contribution in [0.3, 0.4) is 0 Å². The molecule has 0 spiro atoms. The molecule has 8 heteroatoms. The lowest BCUT2D eigenvalue weighted by atomic mass is 10.2. The molecular weight excluding hydrogens is 290 g/mol. The van der Waals surface area contributed by atoms with Crippen LogP contribution in [0.4, 0.5) is 5.69 Å². The van der Waals surface area contributed by atoms with Crippen molar-refractivity contribution in [3.8, 4) is 0 Å². The summed E-state index contributed by atoms with van der Waals surface area (Å²) in [6.07, 6.45) is 1.92. The van der Waals surface area contributed by atoms with Gasteiger partial charge in [0.2, 0.25) is 0 Å². The number of thioether (sulfide) groups is 1. The minimum atomic E-state index is -1.03. The Hall–Kier alpha value is -1.25. The summed E-state index contributed by atoms with van der Waals surface area (Å²) >= 11 is 4.30. The number of nitrogens with zero attached hydrogens (tertiary/aromatic N) is 2. The van der Waals surface area contributed by atoms with Crippen LogP contribution >= 0.6 is 34.9 Å². The number of carboxylic acid groups (broad SMARTS) is 1. The van der Waals surface area contributed by atoms with Crippen molar-refractivity contribution in [2.75, 3.05) is 12.0 Å². The third-order valence-electron chi connectivity index (χ3n) is 2.06. The summed E-state index contributed by atoms with van der Waals surface area (Å²) in [7, 11) is 0.